The van der Waals surface area contributed by atoms with Gasteiger partial charge in [-0.1, -0.05) is 12.1 Å². The van der Waals surface area contributed by atoms with Gasteiger partial charge >= 0.3 is 6.03 Å². The molecule has 8 nitrogen and oxygen atoms in total. The van der Waals surface area contributed by atoms with Crippen molar-refractivity contribution in [2.45, 2.75) is 43.6 Å². The van der Waals surface area contributed by atoms with Gasteiger partial charge in [-0.2, -0.15) is 0 Å². The van der Waals surface area contributed by atoms with Gasteiger partial charge in [-0.3, -0.25) is 9.80 Å². The van der Waals surface area contributed by atoms with Crippen LogP contribution in [0.4, 0.5) is 20.7 Å². The van der Waals surface area contributed by atoms with Crippen LogP contribution in [0.2, 0.25) is 0 Å². The molecule has 2 aromatic rings. The van der Waals surface area contributed by atoms with Crippen LogP contribution in [0.1, 0.15) is 49.4 Å². The Kier molecular flexibility index (Phi) is 7.33. The normalized spacial score (nSPS) is 21.6. The molecule has 2 aliphatic rings. The van der Waals surface area contributed by atoms with Crippen molar-refractivity contribution in [3.63, 3.8) is 0 Å². The first-order valence-electron chi connectivity index (χ1n) is 12.0. The van der Waals surface area contributed by atoms with E-state index in [1.165, 1.54) is 6.07 Å². The zero-order valence-electron chi connectivity index (χ0n) is 20.3. The molecule has 34 heavy (non-hydrogen) atoms. The molecule has 1 aliphatic carbocycles. The summed E-state index contributed by atoms with van der Waals surface area (Å²) in [5.41, 5.74) is 1.16. The lowest BCUT2D eigenvalue weighted by atomic mass is 9.81. The number of aliphatic hydroxyl groups excluding tert-OH is 1. The number of likely N-dealkylation sites (N-methyl/N-ethyl adjacent to an activating group) is 1. The Hall–Kier alpha value is -2.78. The largest absolute Gasteiger partial charge is 0.395 e. The summed E-state index contributed by atoms with van der Waals surface area (Å²) < 4.78 is 14.1. The fourth-order valence-corrected chi connectivity index (χ4v) is 4.87. The average molecular weight is 471 g/mol. The van der Waals surface area contributed by atoms with Crippen LogP contribution < -0.4 is 15.1 Å². The number of nitrogens with zero attached hydrogens (tertiary/aromatic N) is 5. The number of hydrogen-bond donors (Lipinski definition) is 2. The highest BCUT2D eigenvalue weighted by atomic mass is 19.1. The zero-order chi connectivity index (χ0) is 24.3. The fraction of sp³-hybridized carbons (Fsp3) is 0.560. The van der Waals surface area contributed by atoms with Crippen LogP contribution in [0.25, 0.3) is 0 Å². The number of carbonyl (C=O) groups excluding carboxylic acids is 1. The van der Waals surface area contributed by atoms with Crippen molar-refractivity contribution in [3.05, 3.63) is 47.7 Å². The molecule has 1 saturated heterocycles. The highest BCUT2D eigenvalue weighted by Crippen LogP contribution is 2.40. The highest BCUT2D eigenvalue weighted by molar-refractivity contribution is 5.94. The summed E-state index contributed by atoms with van der Waals surface area (Å²) in [6, 6.07) is 6.57. The summed E-state index contributed by atoms with van der Waals surface area (Å²) in [5, 5.41) is 12.5. The number of rotatable bonds is 7. The summed E-state index contributed by atoms with van der Waals surface area (Å²) in [6.45, 7) is 1.33. The first kappa shape index (κ1) is 24.3. The van der Waals surface area contributed by atoms with Gasteiger partial charge in [0, 0.05) is 38.1 Å². The van der Waals surface area contributed by atoms with E-state index in [2.05, 4.69) is 15.2 Å². The van der Waals surface area contributed by atoms with E-state index in [0.717, 1.165) is 37.1 Å². The molecule has 9 heteroatoms. The molecule has 184 valence electrons. The summed E-state index contributed by atoms with van der Waals surface area (Å²) in [6.07, 6.45) is 6.05. The molecule has 4 rings (SSSR count). The first-order valence-corrected chi connectivity index (χ1v) is 12.0. The monoisotopic (exact) mass is 470 g/mol. The average Bonchev–Trinajstić information content (AvgIpc) is 3.65. The van der Waals surface area contributed by atoms with E-state index in [9.17, 15) is 14.3 Å². The predicted octanol–water partition coefficient (Wildman–Crippen LogP) is 3.08. The second-order valence-corrected chi connectivity index (χ2v) is 9.53. The number of urea groups is 1. The number of carbonyl (C=O) groups is 1. The quantitative estimate of drug-likeness (QED) is 0.647. The summed E-state index contributed by atoms with van der Waals surface area (Å²) in [7, 11) is 5.89. The van der Waals surface area contributed by atoms with E-state index in [-0.39, 0.29) is 18.5 Å². The van der Waals surface area contributed by atoms with E-state index in [1.54, 1.807) is 23.2 Å². The molecule has 0 spiro atoms. The maximum atomic E-state index is 14.1. The smallest absolute Gasteiger partial charge is 0.322 e. The van der Waals surface area contributed by atoms with Gasteiger partial charge in [0.2, 0.25) is 0 Å². The molecule has 1 aliphatic heterocycles. The molecular formula is C25H35FN6O2. The Balaban J connectivity index is 1.64. The van der Waals surface area contributed by atoms with Crippen molar-refractivity contribution in [1.82, 2.24) is 20.2 Å². The Morgan fingerprint density at radius 1 is 1.26 bits per heavy atom. The van der Waals surface area contributed by atoms with E-state index in [1.807, 2.05) is 32.1 Å². The van der Waals surface area contributed by atoms with E-state index >= 15 is 0 Å². The Bertz CT molecular complexity index is 1010. The number of benzene rings is 1. The van der Waals surface area contributed by atoms with Crippen molar-refractivity contribution < 1.29 is 14.3 Å². The molecule has 1 aromatic carbocycles. The maximum absolute atomic E-state index is 14.1. The Labute approximate surface area is 200 Å². The molecule has 0 radical (unpaired) electrons. The van der Waals surface area contributed by atoms with Gasteiger partial charge in [0.15, 0.2) is 5.82 Å². The standard InChI is InChI=1S/C25H35FN6O2/c1-30(2)25(19-6-4-7-20(26)16-19)10-5-13-32(24(34)27-12-11-25)21-17-28-22(18-8-9-18)29-23(21)31(3)14-15-33/h4,6-7,16-18,33H,5,8-15H2,1-3H3,(H,27,34)/t25-/m0/s1. The number of aromatic nitrogens is 2. The van der Waals surface area contributed by atoms with E-state index in [0.29, 0.717) is 43.5 Å². The lowest BCUT2D eigenvalue weighted by molar-refractivity contribution is 0.125. The van der Waals surface area contributed by atoms with Crippen molar-refractivity contribution in [3.8, 4) is 0 Å². The lowest BCUT2D eigenvalue weighted by Crippen LogP contribution is -2.44. The summed E-state index contributed by atoms with van der Waals surface area (Å²) >= 11 is 0. The minimum absolute atomic E-state index is 0.0100. The second kappa shape index (κ2) is 10.2. The topological polar surface area (TPSA) is 84.8 Å². The third-order valence-electron chi connectivity index (χ3n) is 7.05. The molecule has 2 fully saturated rings. The van der Waals surface area contributed by atoms with Gasteiger partial charge in [0.05, 0.1) is 12.8 Å². The number of hydrogen-bond acceptors (Lipinski definition) is 6. The maximum Gasteiger partial charge on any atom is 0.322 e. The number of amides is 2. The highest BCUT2D eigenvalue weighted by Gasteiger charge is 2.36. The van der Waals surface area contributed by atoms with Crippen LogP contribution in [0, 0.1) is 5.82 Å². The van der Waals surface area contributed by atoms with Gasteiger partial charge in [0.1, 0.15) is 17.3 Å². The molecular weight excluding hydrogens is 435 g/mol. The fourth-order valence-electron chi connectivity index (χ4n) is 4.87. The van der Waals surface area contributed by atoms with Crippen molar-refractivity contribution in [2.75, 3.05) is 57.2 Å². The number of anilines is 2. The molecule has 2 amide bonds. The third kappa shape index (κ3) is 5.00. The Morgan fingerprint density at radius 3 is 2.74 bits per heavy atom. The van der Waals surface area contributed by atoms with Gasteiger partial charge in [-0.15, -0.1) is 0 Å². The minimum Gasteiger partial charge on any atom is -0.395 e. The van der Waals surface area contributed by atoms with Crippen LogP contribution in [-0.4, -0.2) is 73.4 Å². The van der Waals surface area contributed by atoms with Crippen LogP contribution in [0.15, 0.2) is 30.5 Å². The summed E-state index contributed by atoms with van der Waals surface area (Å²) in [5.74, 6) is 1.58. The summed E-state index contributed by atoms with van der Waals surface area (Å²) in [4.78, 5) is 28.4. The zero-order valence-corrected chi connectivity index (χ0v) is 20.3. The van der Waals surface area contributed by atoms with Gasteiger partial charge in [-0.25, -0.2) is 19.2 Å². The van der Waals surface area contributed by atoms with Gasteiger partial charge in [0.25, 0.3) is 0 Å². The molecule has 2 N–H and O–H groups in total. The SMILES string of the molecule is CN(CCO)c1nc(C2CC2)ncc1N1CCC[C@](c2cccc(F)c2)(N(C)C)CCNC1=O. The van der Waals surface area contributed by atoms with Gasteiger partial charge in [-0.05, 0) is 63.9 Å². The molecule has 0 bridgehead atoms. The lowest BCUT2D eigenvalue weighted by Gasteiger charge is -2.41. The first-order chi connectivity index (χ1) is 16.4. The van der Waals surface area contributed by atoms with E-state index < -0.39 is 5.54 Å². The van der Waals surface area contributed by atoms with Crippen molar-refractivity contribution >= 4 is 17.5 Å². The molecule has 0 unspecified atom stereocenters. The molecule has 1 saturated carbocycles. The van der Waals surface area contributed by atoms with Gasteiger partial charge < -0.3 is 15.3 Å². The number of nitrogens with one attached hydrogen (secondary N) is 1. The number of aliphatic hydroxyl groups is 1. The molecule has 1 aromatic heterocycles. The second-order valence-electron chi connectivity index (χ2n) is 9.53. The predicted molar refractivity (Wildman–Crippen MR) is 131 cm³/mol. The van der Waals surface area contributed by atoms with Crippen molar-refractivity contribution in [2.24, 2.45) is 0 Å². The van der Waals surface area contributed by atoms with E-state index in [4.69, 9.17) is 4.98 Å². The minimum atomic E-state index is -0.395. The molecule has 2 heterocycles. The van der Waals surface area contributed by atoms with Crippen LogP contribution in [-0.2, 0) is 5.54 Å². The van der Waals surface area contributed by atoms with Crippen LogP contribution >= 0.6 is 0 Å². The third-order valence-corrected chi connectivity index (χ3v) is 7.05. The van der Waals surface area contributed by atoms with Crippen LogP contribution in [0.3, 0.4) is 0 Å². The number of halogens is 1. The Morgan fingerprint density at radius 2 is 2.06 bits per heavy atom. The van der Waals surface area contributed by atoms with Crippen LogP contribution in [0.5, 0.6) is 0 Å². The van der Waals surface area contributed by atoms with Crippen molar-refractivity contribution in [1.29, 1.82) is 0 Å². The molecule has 1 atom stereocenters.